The number of halogens is 1. The van der Waals surface area contributed by atoms with Crippen LogP contribution in [0.3, 0.4) is 0 Å². The van der Waals surface area contributed by atoms with E-state index in [0.29, 0.717) is 13.1 Å². The first-order valence-electron chi connectivity index (χ1n) is 7.70. The summed E-state index contributed by atoms with van der Waals surface area (Å²) < 4.78 is 20.0. The van der Waals surface area contributed by atoms with Crippen molar-refractivity contribution >= 4 is 21.6 Å². The van der Waals surface area contributed by atoms with E-state index in [1.807, 2.05) is 36.2 Å². The van der Waals surface area contributed by atoms with Crippen molar-refractivity contribution in [1.82, 2.24) is 9.88 Å². The standard InChI is InChI=1S/C18H19FN2O2S/c1-21(11-18-20-15-7-3-5-9-17(15)24-18)10-13(22)12-23-16-8-4-2-6-14(16)19/h2-9,13,22H,10-12H2,1H3/t13-/m1/s1. The van der Waals surface area contributed by atoms with Crippen LogP contribution in [0.15, 0.2) is 48.5 Å². The molecule has 1 heterocycles. The molecular weight excluding hydrogens is 327 g/mol. The summed E-state index contributed by atoms with van der Waals surface area (Å²) in [4.78, 5) is 6.56. The van der Waals surface area contributed by atoms with Crippen molar-refractivity contribution in [2.45, 2.75) is 12.6 Å². The highest BCUT2D eigenvalue weighted by molar-refractivity contribution is 7.18. The van der Waals surface area contributed by atoms with Gasteiger partial charge in [0.2, 0.25) is 0 Å². The van der Waals surface area contributed by atoms with Gasteiger partial charge in [0.15, 0.2) is 11.6 Å². The molecular formula is C18H19FN2O2S. The minimum Gasteiger partial charge on any atom is -0.488 e. The van der Waals surface area contributed by atoms with Crippen LogP contribution in [0, 0.1) is 5.82 Å². The van der Waals surface area contributed by atoms with Gasteiger partial charge in [-0.25, -0.2) is 9.37 Å². The molecule has 0 aliphatic rings. The number of ether oxygens (including phenoxy) is 1. The summed E-state index contributed by atoms with van der Waals surface area (Å²) in [6.07, 6.45) is -0.705. The first kappa shape index (κ1) is 16.8. The molecule has 1 N–H and O–H groups in total. The smallest absolute Gasteiger partial charge is 0.165 e. The number of likely N-dealkylation sites (N-methyl/N-ethyl adjacent to an activating group) is 1. The van der Waals surface area contributed by atoms with Crippen molar-refractivity contribution in [1.29, 1.82) is 0 Å². The van der Waals surface area contributed by atoms with Crippen molar-refractivity contribution in [3.05, 3.63) is 59.4 Å². The zero-order valence-electron chi connectivity index (χ0n) is 13.4. The lowest BCUT2D eigenvalue weighted by atomic mass is 10.3. The quantitative estimate of drug-likeness (QED) is 0.713. The maximum Gasteiger partial charge on any atom is 0.165 e. The fraction of sp³-hybridized carbons (Fsp3) is 0.278. The van der Waals surface area contributed by atoms with Crippen LogP contribution in [0.4, 0.5) is 4.39 Å². The summed E-state index contributed by atoms with van der Waals surface area (Å²) in [6.45, 7) is 1.12. The van der Waals surface area contributed by atoms with Crippen LogP contribution in [0.1, 0.15) is 5.01 Å². The number of hydrogen-bond donors (Lipinski definition) is 1. The molecule has 0 radical (unpaired) electrons. The number of nitrogens with zero attached hydrogens (tertiary/aromatic N) is 2. The van der Waals surface area contributed by atoms with Gasteiger partial charge in [0.05, 0.1) is 16.8 Å². The molecule has 0 aliphatic heterocycles. The molecule has 0 spiro atoms. The Morgan fingerprint density at radius 2 is 1.96 bits per heavy atom. The van der Waals surface area contributed by atoms with Crippen LogP contribution in [0.2, 0.25) is 0 Å². The summed E-state index contributed by atoms with van der Waals surface area (Å²) in [5.41, 5.74) is 0.995. The van der Waals surface area contributed by atoms with Gasteiger partial charge in [-0.2, -0.15) is 0 Å². The summed E-state index contributed by atoms with van der Waals surface area (Å²) in [6, 6.07) is 14.2. The fourth-order valence-electron chi connectivity index (χ4n) is 2.44. The molecule has 6 heteroatoms. The second kappa shape index (κ2) is 7.70. The number of benzene rings is 2. The van der Waals surface area contributed by atoms with Crippen LogP contribution < -0.4 is 4.74 Å². The number of aliphatic hydroxyl groups is 1. The molecule has 0 aliphatic carbocycles. The van der Waals surface area contributed by atoms with Crippen LogP contribution in [-0.2, 0) is 6.54 Å². The van der Waals surface area contributed by atoms with E-state index in [1.165, 1.54) is 6.07 Å². The van der Waals surface area contributed by atoms with Gasteiger partial charge in [0, 0.05) is 6.54 Å². The van der Waals surface area contributed by atoms with Crippen molar-refractivity contribution in [3.63, 3.8) is 0 Å². The average molecular weight is 346 g/mol. The normalized spacial score (nSPS) is 12.7. The SMILES string of the molecule is CN(Cc1nc2ccccc2s1)C[C@@H](O)COc1ccccc1F. The third-order valence-corrected chi connectivity index (χ3v) is 4.55. The highest BCUT2D eigenvalue weighted by atomic mass is 32.1. The molecule has 3 aromatic rings. The van der Waals surface area contributed by atoms with Gasteiger partial charge in [-0.15, -0.1) is 11.3 Å². The number of hydrogen-bond acceptors (Lipinski definition) is 5. The zero-order valence-corrected chi connectivity index (χ0v) is 14.2. The van der Waals surface area contributed by atoms with Crippen molar-refractivity contribution in [3.8, 4) is 5.75 Å². The first-order valence-corrected chi connectivity index (χ1v) is 8.52. The first-order chi connectivity index (χ1) is 11.6. The van der Waals surface area contributed by atoms with Crippen LogP contribution in [0.5, 0.6) is 5.75 Å². The third kappa shape index (κ3) is 4.29. The minimum absolute atomic E-state index is 0.0467. The summed E-state index contributed by atoms with van der Waals surface area (Å²) in [7, 11) is 1.92. The molecule has 0 amide bonds. The number of rotatable bonds is 7. The Morgan fingerprint density at radius 1 is 1.21 bits per heavy atom. The lowest BCUT2D eigenvalue weighted by Crippen LogP contribution is -2.32. The Morgan fingerprint density at radius 3 is 2.75 bits per heavy atom. The second-order valence-corrected chi connectivity index (χ2v) is 6.78. The van der Waals surface area contributed by atoms with Crippen LogP contribution in [0.25, 0.3) is 10.2 Å². The maximum atomic E-state index is 13.5. The van der Waals surface area contributed by atoms with E-state index in [0.717, 1.165) is 15.2 Å². The van der Waals surface area contributed by atoms with Crippen molar-refractivity contribution in [2.24, 2.45) is 0 Å². The molecule has 24 heavy (non-hydrogen) atoms. The van der Waals surface area contributed by atoms with E-state index in [-0.39, 0.29) is 12.4 Å². The Balaban J connectivity index is 1.50. The summed E-state index contributed by atoms with van der Waals surface area (Å²) in [5, 5.41) is 11.1. The predicted octanol–water partition coefficient (Wildman–Crippen LogP) is 3.31. The van der Waals surface area contributed by atoms with Gasteiger partial charge < -0.3 is 9.84 Å². The van der Waals surface area contributed by atoms with E-state index < -0.39 is 11.9 Å². The number of aliphatic hydroxyl groups excluding tert-OH is 1. The molecule has 0 saturated heterocycles. The van der Waals surface area contributed by atoms with Crippen molar-refractivity contribution in [2.75, 3.05) is 20.2 Å². The summed E-state index contributed by atoms with van der Waals surface area (Å²) in [5.74, 6) is -0.266. The van der Waals surface area contributed by atoms with Gasteiger partial charge >= 0.3 is 0 Å². The molecule has 126 valence electrons. The fourth-order valence-corrected chi connectivity index (χ4v) is 3.49. The van der Waals surface area contributed by atoms with Gasteiger partial charge in [-0.05, 0) is 31.3 Å². The maximum absolute atomic E-state index is 13.5. The zero-order chi connectivity index (χ0) is 16.9. The molecule has 0 fully saturated rings. The monoisotopic (exact) mass is 346 g/mol. The second-order valence-electron chi connectivity index (χ2n) is 5.67. The van der Waals surface area contributed by atoms with E-state index in [2.05, 4.69) is 4.98 Å². The molecule has 2 aromatic carbocycles. The van der Waals surface area contributed by atoms with Gasteiger partial charge in [-0.1, -0.05) is 24.3 Å². The van der Waals surface area contributed by atoms with E-state index in [1.54, 1.807) is 29.5 Å². The van der Waals surface area contributed by atoms with Crippen LogP contribution >= 0.6 is 11.3 Å². The van der Waals surface area contributed by atoms with E-state index >= 15 is 0 Å². The van der Waals surface area contributed by atoms with E-state index in [9.17, 15) is 9.50 Å². The van der Waals surface area contributed by atoms with Crippen molar-refractivity contribution < 1.29 is 14.2 Å². The molecule has 1 atom stereocenters. The Kier molecular flexibility index (Phi) is 5.40. The Labute approximate surface area is 144 Å². The van der Waals surface area contributed by atoms with Gasteiger partial charge in [0.1, 0.15) is 17.7 Å². The predicted molar refractivity (Wildman–Crippen MR) is 93.9 cm³/mol. The minimum atomic E-state index is -0.705. The Hall–Kier alpha value is -2.02. The summed E-state index contributed by atoms with van der Waals surface area (Å²) >= 11 is 1.65. The molecule has 1 aromatic heterocycles. The third-order valence-electron chi connectivity index (χ3n) is 3.53. The lowest BCUT2D eigenvalue weighted by molar-refractivity contribution is 0.0728. The largest absolute Gasteiger partial charge is 0.488 e. The average Bonchev–Trinajstić information content (AvgIpc) is 2.96. The van der Waals surface area contributed by atoms with Crippen LogP contribution in [-0.4, -0.2) is 41.3 Å². The number of thiazole rings is 1. The Bertz CT molecular complexity index is 775. The number of para-hydroxylation sites is 2. The van der Waals surface area contributed by atoms with Gasteiger partial charge in [-0.3, -0.25) is 4.90 Å². The lowest BCUT2D eigenvalue weighted by Gasteiger charge is -2.19. The molecule has 4 nitrogen and oxygen atoms in total. The highest BCUT2D eigenvalue weighted by Gasteiger charge is 2.13. The van der Waals surface area contributed by atoms with E-state index in [4.69, 9.17) is 4.74 Å². The molecule has 0 unspecified atom stereocenters. The van der Waals surface area contributed by atoms with Gasteiger partial charge in [0.25, 0.3) is 0 Å². The molecule has 3 rings (SSSR count). The molecule has 0 bridgehead atoms. The number of aromatic nitrogens is 1. The number of fused-ring (bicyclic) bond motifs is 1. The molecule has 0 saturated carbocycles. The highest BCUT2D eigenvalue weighted by Crippen LogP contribution is 2.22. The topological polar surface area (TPSA) is 45.6 Å².